The molecule has 0 aromatic heterocycles. The molecule has 2 unspecified atom stereocenters. The van der Waals surface area contributed by atoms with Crippen molar-refractivity contribution in [2.45, 2.75) is 38.3 Å². The average Bonchev–Trinajstić information content (AvgIpc) is 2.71. The third-order valence-electron chi connectivity index (χ3n) is 5.16. The van der Waals surface area contributed by atoms with Crippen molar-refractivity contribution in [3.05, 3.63) is 58.1 Å². The molecule has 1 aliphatic heterocycles. The Morgan fingerprint density at radius 2 is 2.00 bits per heavy atom. The summed E-state index contributed by atoms with van der Waals surface area (Å²) in [7, 11) is 1.64. The van der Waals surface area contributed by atoms with Crippen molar-refractivity contribution < 1.29 is 19.4 Å². The normalized spacial score (nSPS) is 18.5. The van der Waals surface area contributed by atoms with Crippen LogP contribution in [-0.4, -0.2) is 42.3 Å². The molecule has 2 atom stereocenters. The van der Waals surface area contributed by atoms with Crippen molar-refractivity contribution in [3.63, 3.8) is 0 Å². The van der Waals surface area contributed by atoms with Crippen molar-refractivity contribution in [1.29, 1.82) is 0 Å². The number of rotatable bonds is 7. The molecule has 28 heavy (non-hydrogen) atoms. The molecule has 150 valence electrons. The van der Waals surface area contributed by atoms with Gasteiger partial charge in [0, 0.05) is 15.6 Å². The third kappa shape index (κ3) is 4.33. The molecule has 1 fully saturated rings. The highest BCUT2D eigenvalue weighted by Crippen LogP contribution is 2.42. The van der Waals surface area contributed by atoms with Crippen molar-refractivity contribution in [3.8, 4) is 11.5 Å². The molecule has 3 rings (SSSR count). The van der Waals surface area contributed by atoms with E-state index in [2.05, 4.69) is 20.8 Å². The summed E-state index contributed by atoms with van der Waals surface area (Å²) in [4.78, 5) is 14.1. The third-order valence-corrected chi connectivity index (χ3v) is 5.65. The molecule has 0 saturated carbocycles. The second kappa shape index (κ2) is 9.43. The van der Waals surface area contributed by atoms with Crippen LogP contribution in [0.2, 0.25) is 0 Å². The van der Waals surface area contributed by atoms with Crippen LogP contribution in [0.15, 0.2) is 46.9 Å². The van der Waals surface area contributed by atoms with Gasteiger partial charge in [-0.05, 0) is 50.6 Å². The predicted octanol–water partition coefficient (Wildman–Crippen LogP) is 4.88. The van der Waals surface area contributed by atoms with Crippen molar-refractivity contribution in [1.82, 2.24) is 4.90 Å². The lowest BCUT2D eigenvalue weighted by atomic mass is 9.90. The second-order valence-corrected chi connectivity index (χ2v) is 7.76. The summed E-state index contributed by atoms with van der Waals surface area (Å²) in [5.74, 6) is 0.716. The first-order valence-electron chi connectivity index (χ1n) is 9.60. The van der Waals surface area contributed by atoms with E-state index in [0.717, 1.165) is 39.9 Å². The number of halogens is 1. The predicted molar refractivity (Wildman–Crippen MR) is 112 cm³/mol. The minimum atomic E-state index is -0.785. The number of nitrogens with zero attached hydrogens (tertiary/aromatic N) is 1. The molecule has 2 aromatic rings. The Labute approximate surface area is 174 Å². The fraction of sp³-hybridized carbons (Fsp3) is 0.409. The summed E-state index contributed by atoms with van der Waals surface area (Å²) < 4.78 is 12.5. The zero-order valence-electron chi connectivity index (χ0n) is 16.2. The van der Waals surface area contributed by atoms with Crippen LogP contribution in [0.25, 0.3) is 0 Å². The highest BCUT2D eigenvalue weighted by atomic mass is 79.9. The standard InChI is InChI=1S/C22H26BrNO4/c1-3-28-20-12-11-15(23)14-17(20)21(16-8-4-5-10-19(16)27-2)24-13-7-6-9-18(24)22(25)26/h4-5,8,10-12,14,18,21H,3,6-7,9,13H2,1-2H3,(H,25,26). The fourth-order valence-corrected chi connectivity index (χ4v) is 4.34. The van der Waals surface area contributed by atoms with E-state index in [9.17, 15) is 9.90 Å². The van der Waals surface area contributed by atoms with Crippen LogP contribution in [0.4, 0.5) is 0 Å². The number of ether oxygens (including phenoxy) is 2. The van der Waals surface area contributed by atoms with Gasteiger partial charge in [0.1, 0.15) is 17.5 Å². The number of carboxylic acids is 1. The SMILES string of the molecule is CCOc1ccc(Br)cc1C(c1ccccc1OC)N1CCCCC1C(=O)O. The van der Waals surface area contributed by atoms with E-state index >= 15 is 0 Å². The van der Waals surface area contributed by atoms with Crippen LogP contribution in [0.3, 0.4) is 0 Å². The maximum Gasteiger partial charge on any atom is 0.320 e. The lowest BCUT2D eigenvalue weighted by Crippen LogP contribution is -2.47. The van der Waals surface area contributed by atoms with Crippen LogP contribution < -0.4 is 9.47 Å². The number of piperidine rings is 1. The first kappa shape index (κ1) is 20.7. The Hall–Kier alpha value is -2.05. The minimum Gasteiger partial charge on any atom is -0.496 e. The Kier molecular flexibility index (Phi) is 6.97. The number of methoxy groups -OCH3 is 1. The number of hydrogen-bond donors (Lipinski definition) is 1. The molecule has 5 nitrogen and oxygen atoms in total. The highest BCUT2D eigenvalue weighted by Gasteiger charge is 2.37. The smallest absolute Gasteiger partial charge is 0.320 e. The van der Waals surface area contributed by atoms with E-state index in [1.54, 1.807) is 7.11 Å². The van der Waals surface area contributed by atoms with Crippen LogP contribution in [0.1, 0.15) is 43.4 Å². The van der Waals surface area contributed by atoms with Gasteiger partial charge in [-0.15, -0.1) is 0 Å². The quantitative estimate of drug-likeness (QED) is 0.654. The zero-order valence-corrected chi connectivity index (χ0v) is 17.8. The number of para-hydroxylation sites is 1. The van der Waals surface area contributed by atoms with Gasteiger partial charge in [-0.25, -0.2) is 0 Å². The molecule has 1 saturated heterocycles. The molecular weight excluding hydrogens is 422 g/mol. The van der Waals surface area contributed by atoms with Gasteiger partial charge >= 0.3 is 5.97 Å². The van der Waals surface area contributed by atoms with Crippen LogP contribution in [0.5, 0.6) is 11.5 Å². The summed E-state index contributed by atoms with van der Waals surface area (Å²) >= 11 is 3.57. The molecule has 1 N–H and O–H groups in total. The van der Waals surface area contributed by atoms with Crippen molar-refractivity contribution in [2.75, 3.05) is 20.3 Å². The molecule has 6 heteroatoms. The van der Waals surface area contributed by atoms with Crippen molar-refractivity contribution in [2.24, 2.45) is 0 Å². The maximum atomic E-state index is 12.1. The molecule has 0 bridgehead atoms. The summed E-state index contributed by atoms with van der Waals surface area (Å²) in [6.07, 6.45) is 2.52. The van der Waals surface area contributed by atoms with Gasteiger partial charge in [0.05, 0.1) is 19.8 Å². The van der Waals surface area contributed by atoms with Crippen LogP contribution >= 0.6 is 15.9 Å². The van der Waals surface area contributed by atoms with E-state index in [0.29, 0.717) is 19.6 Å². The Bertz CT molecular complexity index is 826. The lowest BCUT2D eigenvalue weighted by Gasteiger charge is -2.40. The molecule has 0 spiro atoms. The van der Waals surface area contributed by atoms with Crippen LogP contribution in [-0.2, 0) is 4.79 Å². The Morgan fingerprint density at radius 1 is 1.21 bits per heavy atom. The Morgan fingerprint density at radius 3 is 2.71 bits per heavy atom. The average molecular weight is 448 g/mol. The first-order valence-corrected chi connectivity index (χ1v) is 10.4. The second-order valence-electron chi connectivity index (χ2n) is 6.85. The number of hydrogen-bond acceptors (Lipinski definition) is 4. The zero-order chi connectivity index (χ0) is 20.1. The van der Waals surface area contributed by atoms with Gasteiger partial charge in [-0.3, -0.25) is 9.69 Å². The Balaban J connectivity index is 2.20. The number of carboxylic acid groups (broad SMARTS) is 1. The number of carbonyl (C=O) groups is 1. The monoisotopic (exact) mass is 447 g/mol. The van der Waals surface area contributed by atoms with Gasteiger partial charge in [-0.2, -0.15) is 0 Å². The minimum absolute atomic E-state index is 0.281. The van der Waals surface area contributed by atoms with E-state index in [-0.39, 0.29) is 6.04 Å². The molecule has 0 aliphatic carbocycles. The molecule has 1 aliphatic rings. The van der Waals surface area contributed by atoms with Crippen LogP contribution in [0, 0.1) is 0 Å². The van der Waals surface area contributed by atoms with E-state index in [4.69, 9.17) is 9.47 Å². The molecule has 1 heterocycles. The molecular formula is C22H26BrNO4. The topological polar surface area (TPSA) is 59.0 Å². The van der Waals surface area contributed by atoms with Gasteiger partial charge < -0.3 is 14.6 Å². The van der Waals surface area contributed by atoms with E-state index < -0.39 is 12.0 Å². The molecule has 0 radical (unpaired) electrons. The largest absolute Gasteiger partial charge is 0.496 e. The number of likely N-dealkylation sites (tertiary alicyclic amines) is 1. The highest BCUT2D eigenvalue weighted by molar-refractivity contribution is 9.10. The van der Waals surface area contributed by atoms with Gasteiger partial charge in [-0.1, -0.05) is 40.5 Å². The fourth-order valence-electron chi connectivity index (χ4n) is 3.97. The van der Waals surface area contributed by atoms with Gasteiger partial charge in [0.25, 0.3) is 0 Å². The van der Waals surface area contributed by atoms with E-state index in [1.807, 2.05) is 49.4 Å². The summed E-state index contributed by atoms with van der Waals surface area (Å²) in [6.45, 7) is 3.19. The lowest BCUT2D eigenvalue weighted by molar-refractivity contribution is -0.145. The van der Waals surface area contributed by atoms with Crippen molar-refractivity contribution >= 4 is 21.9 Å². The number of aliphatic carboxylic acids is 1. The van der Waals surface area contributed by atoms with E-state index in [1.165, 1.54) is 0 Å². The van der Waals surface area contributed by atoms with Gasteiger partial charge in [0.15, 0.2) is 0 Å². The summed E-state index contributed by atoms with van der Waals surface area (Å²) in [5, 5.41) is 9.89. The first-order chi connectivity index (χ1) is 13.6. The number of benzene rings is 2. The molecule has 2 aromatic carbocycles. The molecule has 0 amide bonds. The maximum absolute atomic E-state index is 12.1. The summed E-state index contributed by atoms with van der Waals surface area (Å²) in [6, 6.07) is 12.9. The summed E-state index contributed by atoms with van der Waals surface area (Å²) in [5.41, 5.74) is 1.88. The van der Waals surface area contributed by atoms with Gasteiger partial charge in [0.2, 0.25) is 0 Å².